The molecule has 0 aromatic carbocycles. The van der Waals surface area contributed by atoms with Crippen molar-refractivity contribution in [2.45, 2.75) is 24.4 Å². The number of nitrogens with zero attached hydrogens (tertiary/aromatic N) is 1. The van der Waals surface area contributed by atoms with Crippen molar-refractivity contribution in [3.05, 3.63) is 27.9 Å². The normalized spacial score (nSPS) is 30.2. The van der Waals surface area contributed by atoms with Gasteiger partial charge in [0.15, 0.2) is 0 Å². The van der Waals surface area contributed by atoms with E-state index in [1.54, 1.807) is 0 Å². The highest BCUT2D eigenvalue weighted by Gasteiger charge is 2.45. The van der Waals surface area contributed by atoms with Crippen molar-refractivity contribution < 1.29 is 19.7 Å². The molecule has 0 bridgehead atoms. The Labute approximate surface area is 109 Å². The van der Waals surface area contributed by atoms with E-state index in [9.17, 15) is 9.90 Å². The van der Waals surface area contributed by atoms with Crippen LogP contribution >= 0.6 is 0 Å². The van der Waals surface area contributed by atoms with E-state index in [0.29, 0.717) is 5.56 Å². The number of hydrogen-bond acceptors (Lipinski definition) is 6. The van der Waals surface area contributed by atoms with Crippen LogP contribution in [-0.4, -0.2) is 52.2 Å². The quantitative estimate of drug-likeness (QED) is 0.579. The summed E-state index contributed by atoms with van der Waals surface area (Å²) in [7, 11) is 1.42. The van der Waals surface area contributed by atoms with Gasteiger partial charge in [0, 0.05) is 18.9 Å². The molecule has 4 atom stereocenters. The molecular formula is C12H14N2O5. The molecule has 2 rings (SSSR count). The van der Waals surface area contributed by atoms with E-state index in [1.807, 2.05) is 0 Å². The van der Waals surface area contributed by atoms with Crippen molar-refractivity contribution in [3.63, 3.8) is 0 Å². The number of terminal acetylenes is 1. The highest BCUT2D eigenvalue weighted by atomic mass is 16.6. The van der Waals surface area contributed by atoms with Gasteiger partial charge in [-0.3, -0.25) is 4.98 Å². The van der Waals surface area contributed by atoms with Crippen LogP contribution in [0.3, 0.4) is 0 Å². The topological polar surface area (TPSA) is 105 Å². The third kappa shape index (κ3) is 2.39. The molecule has 7 nitrogen and oxygen atoms in total. The molecule has 3 N–H and O–H groups in total. The molecule has 19 heavy (non-hydrogen) atoms. The van der Waals surface area contributed by atoms with E-state index < -0.39 is 30.1 Å². The predicted molar refractivity (Wildman–Crippen MR) is 64.3 cm³/mol. The first-order valence-electron chi connectivity index (χ1n) is 5.65. The Kier molecular flexibility index (Phi) is 3.97. The minimum absolute atomic E-state index is 0.220. The maximum absolute atomic E-state index is 11.1. The Morgan fingerprint density at radius 2 is 2.42 bits per heavy atom. The van der Waals surface area contributed by atoms with Crippen LogP contribution in [0.15, 0.2) is 11.0 Å². The van der Waals surface area contributed by atoms with Gasteiger partial charge >= 0.3 is 5.69 Å². The van der Waals surface area contributed by atoms with Crippen molar-refractivity contribution in [1.82, 2.24) is 9.97 Å². The van der Waals surface area contributed by atoms with E-state index in [1.165, 1.54) is 13.3 Å². The summed E-state index contributed by atoms with van der Waals surface area (Å²) in [6, 6.07) is 0. The lowest BCUT2D eigenvalue weighted by atomic mass is 10.0. The van der Waals surface area contributed by atoms with Crippen molar-refractivity contribution >= 4 is 0 Å². The molecule has 0 radical (unpaired) electrons. The molecule has 0 saturated carbocycles. The first-order chi connectivity index (χ1) is 9.12. The van der Waals surface area contributed by atoms with E-state index in [0.717, 1.165) is 0 Å². The molecule has 0 spiro atoms. The molecule has 2 heterocycles. The summed E-state index contributed by atoms with van der Waals surface area (Å²) < 4.78 is 10.7. The van der Waals surface area contributed by atoms with Gasteiger partial charge in [-0.05, 0) is 0 Å². The van der Waals surface area contributed by atoms with Crippen molar-refractivity contribution in [3.8, 4) is 12.3 Å². The molecule has 1 aromatic rings. The van der Waals surface area contributed by atoms with Gasteiger partial charge in [0.05, 0.1) is 6.61 Å². The second-order valence-electron chi connectivity index (χ2n) is 4.13. The average Bonchev–Trinajstić information content (AvgIpc) is 2.74. The number of aromatic amines is 1. The summed E-state index contributed by atoms with van der Waals surface area (Å²) in [6.45, 7) is -0.348. The molecule has 1 saturated heterocycles. The lowest BCUT2D eigenvalue weighted by molar-refractivity contribution is -0.0237. The second kappa shape index (κ2) is 5.50. The van der Waals surface area contributed by atoms with E-state index in [4.69, 9.17) is 21.0 Å². The van der Waals surface area contributed by atoms with Gasteiger partial charge in [0.2, 0.25) is 0 Å². The standard InChI is InChI=1S/C12H14N2O5/c1-3-7-6(4-13-12(17)14-7)10-11(18-2)9(16)8(5-15)19-10/h1,4,8-11,15-16H,5H2,2H3,(H,13,14,17)/t8-,9?,10+,11+/m1/s1. The Morgan fingerprint density at radius 1 is 1.68 bits per heavy atom. The Hall–Kier alpha value is -1.72. The number of ether oxygens (including phenoxy) is 2. The molecule has 1 fully saturated rings. The fourth-order valence-electron chi connectivity index (χ4n) is 2.14. The number of hydrogen-bond donors (Lipinski definition) is 3. The number of aliphatic hydroxyl groups is 2. The van der Waals surface area contributed by atoms with Gasteiger partial charge < -0.3 is 19.7 Å². The van der Waals surface area contributed by atoms with E-state index in [2.05, 4.69) is 15.9 Å². The van der Waals surface area contributed by atoms with Crippen LogP contribution in [0, 0.1) is 12.3 Å². The van der Waals surface area contributed by atoms with E-state index >= 15 is 0 Å². The van der Waals surface area contributed by atoms with Crippen molar-refractivity contribution in [2.75, 3.05) is 13.7 Å². The van der Waals surface area contributed by atoms with E-state index in [-0.39, 0.29) is 12.3 Å². The molecule has 0 aliphatic carbocycles. The Morgan fingerprint density at radius 3 is 3.00 bits per heavy atom. The number of H-pyrrole nitrogens is 1. The first kappa shape index (κ1) is 13.7. The van der Waals surface area contributed by atoms with Crippen LogP contribution in [-0.2, 0) is 9.47 Å². The molecular weight excluding hydrogens is 252 g/mol. The van der Waals surface area contributed by atoms with Gasteiger partial charge in [-0.2, -0.15) is 0 Å². The fourth-order valence-corrected chi connectivity index (χ4v) is 2.14. The highest BCUT2D eigenvalue weighted by molar-refractivity contribution is 5.34. The van der Waals surface area contributed by atoms with Gasteiger partial charge in [-0.15, -0.1) is 6.42 Å². The second-order valence-corrected chi connectivity index (χ2v) is 4.13. The largest absolute Gasteiger partial charge is 0.394 e. The first-order valence-corrected chi connectivity index (χ1v) is 5.65. The lowest BCUT2D eigenvalue weighted by Gasteiger charge is -2.19. The number of methoxy groups -OCH3 is 1. The minimum atomic E-state index is -0.988. The molecule has 1 aliphatic heterocycles. The third-order valence-electron chi connectivity index (χ3n) is 3.08. The zero-order valence-electron chi connectivity index (χ0n) is 10.2. The molecule has 102 valence electrons. The number of rotatable bonds is 3. The monoisotopic (exact) mass is 266 g/mol. The van der Waals surface area contributed by atoms with Crippen LogP contribution in [0.4, 0.5) is 0 Å². The maximum Gasteiger partial charge on any atom is 0.345 e. The predicted octanol–water partition coefficient (Wildman–Crippen LogP) is -1.44. The zero-order valence-corrected chi connectivity index (χ0v) is 10.2. The minimum Gasteiger partial charge on any atom is -0.394 e. The fraction of sp³-hybridized carbons (Fsp3) is 0.500. The summed E-state index contributed by atoms with van der Waals surface area (Å²) in [4.78, 5) is 17.1. The summed E-state index contributed by atoms with van der Waals surface area (Å²) in [5.41, 5.74) is 0.0877. The smallest absolute Gasteiger partial charge is 0.345 e. The summed E-state index contributed by atoms with van der Waals surface area (Å²) in [5, 5.41) is 19.1. The van der Waals surface area contributed by atoms with Crippen LogP contribution in [0.2, 0.25) is 0 Å². The SMILES string of the molecule is C#Cc1[nH]c(=O)ncc1[C@@H]1O[C@H](CO)C(O)[C@@H]1OC. The van der Waals surface area contributed by atoms with Crippen LogP contribution < -0.4 is 5.69 Å². The van der Waals surface area contributed by atoms with Crippen LogP contribution in [0.5, 0.6) is 0 Å². The Balaban J connectivity index is 2.41. The molecule has 1 unspecified atom stereocenters. The summed E-state index contributed by atoms with van der Waals surface area (Å²) in [5.74, 6) is 2.33. The molecule has 0 amide bonds. The lowest BCUT2D eigenvalue weighted by Crippen LogP contribution is -2.34. The third-order valence-corrected chi connectivity index (χ3v) is 3.08. The molecule has 1 aliphatic rings. The van der Waals surface area contributed by atoms with Crippen molar-refractivity contribution in [1.29, 1.82) is 0 Å². The molecule has 7 heteroatoms. The van der Waals surface area contributed by atoms with Crippen molar-refractivity contribution in [2.24, 2.45) is 0 Å². The highest BCUT2D eigenvalue weighted by Crippen LogP contribution is 2.35. The van der Waals surface area contributed by atoms with Crippen LogP contribution in [0.1, 0.15) is 17.4 Å². The summed E-state index contributed by atoms with van der Waals surface area (Å²) in [6.07, 6.45) is 3.45. The van der Waals surface area contributed by atoms with Gasteiger partial charge in [0.25, 0.3) is 0 Å². The number of nitrogens with one attached hydrogen (secondary N) is 1. The van der Waals surface area contributed by atoms with Gasteiger partial charge in [-0.25, -0.2) is 9.78 Å². The molecule has 1 aromatic heterocycles. The zero-order chi connectivity index (χ0) is 14.0. The number of aliphatic hydroxyl groups excluding tert-OH is 2. The van der Waals surface area contributed by atoms with Crippen LogP contribution in [0.25, 0.3) is 0 Å². The average molecular weight is 266 g/mol. The Bertz CT molecular complexity index is 550. The number of aromatic nitrogens is 2. The van der Waals surface area contributed by atoms with Gasteiger partial charge in [0.1, 0.15) is 30.1 Å². The van der Waals surface area contributed by atoms with Gasteiger partial charge in [-0.1, -0.05) is 5.92 Å². The summed E-state index contributed by atoms with van der Waals surface area (Å²) >= 11 is 0. The maximum atomic E-state index is 11.1.